The molecule has 0 aliphatic heterocycles. The fourth-order valence-corrected chi connectivity index (χ4v) is 7.89. The lowest BCUT2D eigenvalue weighted by Crippen LogP contribution is -2.40. The second-order valence-electron chi connectivity index (χ2n) is 9.08. The number of hydrogen-bond acceptors (Lipinski definition) is 1. The highest BCUT2D eigenvalue weighted by atomic mass is 16.1. The van der Waals surface area contributed by atoms with Gasteiger partial charge in [-0.3, -0.25) is 4.79 Å². The zero-order chi connectivity index (χ0) is 15.2. The largest absolute Gasteiger partial charge is 0.294 e. The van der Waals surface area contributed by atoms with Gasteiger partial charge in [0.05, 0.1) is 0 Å². The van der Waals surface area contributed by atoms with Crippen LogP contribution in [0.4, 0.5) is 0 Å². The van der Waals surface area contributed by atoms with E-state index in [0.29, 0.717) is 29.0 Å². The number of rotatable bonds is 0. The highest BCUT2D eigenvalue weighted by molar-refractivity contribution is 5.94. The molecule has 0 aromatic carbocycles. The zero-order valence-electron chi connectivity index (χ0n) is 13.8. The van der Waals surface area contributed by atoms with E-state index in [4.69, 9.17) is 0 Å². The van der Waals surface area contributed by atoms with E-state index in [0.717, 1.165) is 11.8 Å². The fourth-order valence-electron chi connectivity index (χ4n) is 7.89. The Morgan fingerprint density at radius 1 is 0.913 bits per heavy atom. The monoisotopic (exact) mass is 306 g/mol. The molecule has 0 saturated heterocycles. The van der Waals surface area contributed by atoms with E-state index in [1.54, 1.807) is 0 Å². The molecule has 0 N–H and O–H groups in total. The van der Waals surface area contributed by atoms with Crippen molar-refractivity contribution in [1.29, 1.82) is 0 Å². The van der Waals surface area contributed by atoms with E-state index in [-0.39, 0.29) is 5.92 Å². The number of hydrogen-bond donors (Lipinski definition) is 0. The Morgan fingerprint density at radius 2 is 1.65 bits per heavy atom. The average Bonchev–Trinajstić information content (AvgIpc) is 3.12. The summed E-state index contributed by atoms with van der Waals surface area (Å²) in [4.78, 5) is 12.8. The molecule has 120 valence electrons. The summed E-state index contributed by atoms with van der Waals surface area (Å²) < 4.78 is 0. The lowest BCUT2D eigenvalue weighted by molar-refractivity contribution is -0.120. The van der Waals surface area contributed by atoms with E-state index < -0.39 is 0 Å². The summed E-state index contributed by atoms with van der Waals surface area (Å²) in [6.45, 7) is 0. The van der Waals surface area contributed by atoms with Crippen molar-refractivity contribution in [2.45, 2.75) is 51.4 Å². The molecule has 4 atom stereocenters. The van der Waals surface area contributed by atoms with Gasteiger partial charge in [0.15, 0.2) is 5.78 Å². The fraction of sp³-hybridized carbons (Fsp3) is 0.682. The third-order valence-electron chi connectivity index (χ3n) is 8.46. The molecule has 8 rings (SSSR count). The van der Waals surface area contributed by atoms with Crippen LogP contribution in [0.5, 0.6) is 0 Å². The van der Waals surface area contributed by atoms with Gasteiger partial charge in [0.25, 0.3) is 0 Å². The maximum atomic E-state index is 12.8. The Labute approximate surface area is 138 Å². The topological polar surface area (TPSA) is 17.1 Å². The van der Waals surface area contributed by atoms with E-state index in [2.05, 4.69) is 18.2 Å². The molecule has 4 bridgehead atoms. The molecule has 8 aliphatic carbocycles. The second-order valence-corrected chi connectivity index (χ2v) is 9.08. The number of allylic oxidation sites excluding steroid dienone is 6. The third kappa shape index (κ3) is 1.44. The van der Waals surface area contributed by atoms with Crippen molar-refractivity contribution in [2.75, 3.05) is 0 Å². The SMILES string of the molecule is O=C1C=C[C@H]2C=C[C@H]1[C@H]1[C@H]2C2=C(C3CCC2CC3)C12CCCC2. The van der Waals surface area contributed by atoms with Crippen molar-refractivity contribution in [3.8, 4) is 0 Å². The van der Waals surface area contributed by atoms with Crippen molar-refractivity contribution < 1.29 is 4.79 Å². The molecule has 2 saturated carbocycles. The Bertz CT molecular complexity index is 664. The Morgan fingerprint density at radius 3 is 2.43 bits per heavy atom. The molecule has 8 aliphatic rings. The van der Waals surface area contributed by atoms with Gasteiger partial charge < -0.3 is 0 Å². The minimum Gasteiger partial charge on any atom is -0.294 e. The first-order valence-corrected chi connectivity index (χ1v) is 9.94. The second kappa shape index (κ2) is 4.29. The smallest absolute Gasteiger partial charge is 0.162 e. The van der Waals surface area contributed by atoms with Crippen molar-refractivity contribution in [2.24, 2.45) is 40.9 Å². The van der Waals surface area contributed by atoms with Gasteiger partial charge in [-0.2, -0.15) is 0 Å². The molecular weight excluding hydrogens is 280 g/mol. The summed E-state index contributed by atoms with van der Waals surface area (Å²) >= 11 is 0. The van der Waals surface area contributed by atoms with Crippen LogP contribution >= 0.6 is 0 Å². The van der Waals surface area contributed by atoms with E-state index >= 15 is 0 Å². The van der Waals surface area contributed by atoms with Crippen molar-refractivity contribution in [1.82, 2.24) is 0 Å². The Balaban J connectivity index is 1.61. The average molecular weight is 306 g/mol. The summed E-state index contributed by atoms with van der Waals surface area (Å²) in [5, 5.41) is 0. The van der Waals surface area contributed by atoms with Gasteiger partial charge in [0.1, 0.15) is 0 Å². The minimum absolute atomic E-state index is 0.179. The van der Waals surface area contributed by atoms with Crippen LogP contribution < -0.4 is 0 Å². The van der Waals surface area contributed by atoms with E-state index in [9.17, 15) is 4.79 Å². The third-order valence-corrected chi connectivity index (χ3v) is 8.46. The lowest BCUT2D eigenvalue weighted by atomic mass is 9.59. The predicted molar refractivity (Wildman–Crippen MR) is 90.6 cm³/mol. The quantitative estimate of drug-likeness (QED) is 0.585. The number of carbonyl (C=O) groups is 1. The number of ketones is 1. The molecule has 1 nitrogen and oxygen atoms in total. The molecule has 1 spiro atoms. The summed E-state index contributed by atoms with van der Waals surface area (Å²) in [7, 11) is 0. The normalized spacial score (nSPS) is 48.3. The molecule has 0 aromatic heterocycles. The van der Waals surface area contributed by atoms with Gasteiger partial charge in [-0.15, -0.1) is 0 Å². The Hall–Kier alpha value is -1.11. The van der Waals surface area contributed by atoms with Crippen molar-refractivity contribution >= 4 is 5.78 Å². The molecule has 0 heterocycles. The highest BCUT2D eigenvalue weighted by Crippen LogP contribution is 2.71. The van der Waals surface area contributed by atoms with Gasteiger partial charge in [-0.25, -0.2) is 0 Å². The molecule has 2 fully saturated rings. The lowest BCUT2D eigenvalue weighted by Gasteiger charge is -2.45. The number of carbonyl (C=O) groups excluding carboxylic acids is 1. The summed E-state index contributed by atoms with van der Waals surface area (Å²) in [5.74, 6) is 4.10. The maximum absolute atomic E-state index is 12.8. The predicted octanol–water partition coefficient (Wildman–Crippen LogP) is 4.85. The summed E-state index contributed by atoms with van der Waals surface area (Å²) in [6.07, 6.45) is 20.1. The first-order chi connectivity index (χ1) is 11.3. The van der Waals surface area contributed by atoms with Gasteiger partial charge in [-0.05, 0) is 73.7 Å². The first kappa shape index (κ1) is 13.2. The molecular formula is C22H26O. The zero-order valence-corrected chi connectivity index (χ0v) is 13.8. The summed E-state index contributed by atoms with van der Waals surface area (Å²) in [6, 6.07) is 0. The van der Waals surface area contributed by atoms with Crippen molar-refractivity contribution in [3.63, 3.8) is 0 Å². The molecule has 0 aromatic rings. The van der Waals surface area contributed by atoms with Gasteiger partial charge in [0, 0.05) is 11.8 Å². The van der Waals surface area contributed by atoms with Crippen LogP contribution in [-0.2, 0) is 4.79 Å². The van der Waals surface area contributed by atoms with Crippen LogP contribution in [0.2, 0.25) is 0 Å². The van der Waals surface area contributed by atoms with E-state index in [1.165, 1.54) is 51.4 Å². The molecule has 0 amide bonds. The van der Waals surface area contributed by atoms with Gasteiger partial charge in [-0.1, -0.05) is 42.2 Å². The molecule has 0 unspecified atom stereocenters. The molecule has 0 radical (unpaired) electrons. The molecule has 1 heteroatoms. The Kier molecular flexibility index (Phi) is 2.46. The van der Waals surface area contributed by atoms with Crippen LogP contribution in [0.3, 0.4) is 0 Å². The van der Waals surface area contributed by atoms with Crippen LogP contribution in [0.15, 0.2) is 35.5 Å². The minimum atomic E-state index is 0.179. The van der Waals surface area contributed by atoms with Crippen LogP contribution in [0.1, 0.15) is 51.4 Å². The van der Waals surface area contributed by atoms with Gasteiger partial charge in [0.2, 0.25) is 0 Å². The maximum Gasteiger partial charge on any atom is 0.162 e. The molecule has 23 heavy (non-hydrogen) atoms. The van der Waals surface area contributed by atoms with E-state index in [1.807, 2.05) is 17.2 Å². The van der Waals surface area contributed by atoms with Gasteiger partial charge >= 0.3 is 0 Å². The first-order valence-electron chi connectivity index (χ1n) is 9.94. The summed E-state index contributed by atoms with van der Waals surface area (Å²) in [5.41, 5.74) is 4.23. The number of fused-ring (bicyclic) bond motifs is 3. The van der Waals surface area contributed by atoms with Crippen LogP contribution in [-0.4, -0.2) is 5.78 Å². The van der Waals surface area contributed by atoms with Crippen LogP contribution in [0, 0.1) is 40.9 Å². The highest BCUT2D eigenvalue weighted by Gasteiger charge is 2.63. The van der Waals surface area contributed by atoms with Crippen LogP contribution in [0.25, 0.3) is 0 Å². The standard InChI is InChI=1S/C22H26O/c23-17-10-8-14-7-9-16(17)21-19(14)18-13-3-5-15(6-4-13)20(18)22(21)11-1-2-12-22/h7-10,13-16,19,21H,1-6,11-12H2/t13?,14-,15?,16-,19-,21+/m1/s1. The van der Waals surface area contributed by atoms with Crippen molar-refractivity contribution in [3.05, 3.63) is 35.5 Å².